The maximum absolute atomic E-state index is 10.6. The minimum absolute atomic E-state index is 0.134. The normalized spacial score (nSPS) is 17.8. The van der Waals surface area contributed by atoms with E-state index >= 15 is 0 Å². The minimum atomic E-state index is -0.142. The minimum Gasteiger partial charge on any atom is -0.506 e. The Morgan fingerprint density at radius 2 is 1.82 bits per heavy atom. The third-order valence-electron chi connectivity index (χ3n) is 6.35. The highest BCUT2D eigenvalue weighted by Gasteiger charge is 2.42. The van der Waals surface area contributed by atoms with E-state index in [-0.39, 0.29) is 17.8 Å². The Kier molecular flexibility index (Phi) is 5.80. The third-order valence-corrected chi connectivity index (χ3v) is 6.89. The lowest BCUT2D eigenvalue weighted by Gasteiger charge is -2.28. The second-order valence-electron chi connectivity index (χ2n) is 8.63. The van der Waals surface area contributed by atoms with Crippen molar-refractivity contribution >= 4 is 34.6 Å². The van der Waals surface area contributed by atoms with Crippen molar-refractivity contribution in [1.29, 1.82) is 0 Å². The van der Waals surface area contributed by atoms with E-state index in [1.54, 1.807) is 24.4 Å². The largest absolute Gasteiger partial charge is 0.506 e. The number of thiocarbonyl (C=S) groups is 1. The summed E-state index contributed by atoms with van der Waals surface area (Å²) in [6, 6.07) is 21.3. The first-order valence-corrected chi connectivity index (χ1v) is 11.9. The van der Waals surface area contributed by atoms with Crippen LogP contribution in [0.3, 0.4) is 0 Å². The van der Waals surface area contributed by atoms with Gasteiger partial charge in [0.05, 0.1) is 23.5 Å². The Balaban J connectivity index is 1.71. The smallest absolute Gasteiger partial charge is 0.174 e. The highest BCUT2D eigenvalue weighted by molar-refractivity contribution is 7.80. The number of aryl methyl sites for hydroxylation is 2. The van der Waals surface area contributed by atoms with Crippen LogP contribution in [0, 0.1) is 20.8 Å². The van der Waals surface area contributed by atoms with Crippen LogP contribution in [0.15, 0.2) is 72.9 Å². The molecule has 172 valence electrons. The molecule has 2 atom stereocenters. The van der Waals surface area contributed by atoms with E-state index in [4.69, 9.17) is 23.8 Å². The number of benzene rings is 2. The molecular formula is C27H25ClN4OS. The lowest BCUT2D eigenvalue weighted by molar-refractivity contribution is 0.471. The fourth-order valence-electron chi connectivity index (χ4n) is 4.86. The van der Waals surface area contributed by atoms with Crippen molar-refractivity contribution < 1.29 is 5.11 Å². The summed E-state index contributed by atoms with van der Waals surface area (Å²) < 4.78 is 2.04. The zero-order valence-corrected chi connectivity index (χ0v) is 20.7. The summed E-state index contributed by atoms with van der Waals surface area (Å²) in [5.41, 5.74) is 6.85. The molecule has 5 rings (SSSR count). The fourth-order valence-corrected chi connectivity index (χ4v) is 5.37. The van der Waals surface area contributed by atoms with Crippen LogP contribution in [-0.2, 0) is 0 Å². The van der Waals surface area contributed by atoms with Gasteiger partial charge >= 0.3 is 0 Å². The number of rotatable bonds is 4. The van der Waals surface area contributed by atoms with Crippen molar-refractivity contribution in [3.8, 4) is 11.4 Å². The molecule has 5 nitrogen and oxygen atoms in total. The number of aromatic nitrogens is 2. The van der Waals surface area contributed by atoms with Gasteiger partial charge in [-0.15, -0.1) is 0 Å². The first-order chi connectivity index (χ1) is 16.3. The average molecular weight is 489 g/mol. The number of nitrogens with one attached hydrogen (secondary N) is 1. The van der Waals surface area contributed by atoms with Crippen molar-refractivity contribution in [3.05, 3.63) is 106 Å². The van der Waals surface area contributed by atoms with Gasteiger partial charge in [0, 0.05) is 28.3 Å². The number of hydrogen-bond acceptors (Lipinski definition) is 3. The maximum Gasteiger partial charge on any atom is 0.174 e. The highest BCUT2D eigenvalue weighted by Crippen LogP contribution is 2.44. The van der Waals surface area contributed by atoms with Gasteiger partial charge in [-0.05, 0) is 92.6 Å². The van der Waals surface area contributed by atoms with Gasteiger partial charge in [-0.3, -0.25) is 4.98 Å². The fraction of sp³-hybridized carbons (Fsp3) is 0.185. The Hall–Kier alpha value is -3.35. The number of halogens is 1. The molecule has 1 aliphatic heterocycles. The molecule has 1 saturated heterocycles. The summed E-state index contributed by atoms with van der Waals surface area (Å²) in [4.78, 5) is 6.82. The van der Waals surface area contributed by atoms with E-state index in [2.05, 4.69) is 53.3 Å². The standard InChI is InChI=1S/C27H25ClN4OS/c1-16-7-6-8-20(13-16)32-26(25(30-27(32)34)22-9-4-5-12-29-22)21-14-17(2)31(18(21)3)23-15-19(28)10-11-24(23)33/h4-15,25-26,33H,1-3H3,(H,30,34)/t25-,26+/m0/s1. The van der Waals surface area contributed by atoms with E-state index in [1.807, 2.05) is 35.8 Å². The Morgan fingerprint density at radius 1 is 1.00 bits per heavy atom. The predicted octanol–water partition coefficient (Wildman–Crippen LogP) is 6.33. The van der Waals surface area contributed by atoms with E-state index in [0.29, 0.717) is 15.8 Å². The molecule has 2 aromatic carbocycles. The molecule has 1 fully saturated rings. The molecule has 3 heterocycles. The van der Waals surface area contributed by atoms with Crippen LogP contribution in [0.1, 0.15) is 40.3 Å². The number of phenolic OH excluding ortho intramolecular Hbond substituents is 1. The van der Waals surface area contributed by atoms with E-state index in [0.717, 1.165) is 33.9 Å². The molecule has 0 unspecified atom stereocenters. The van der Waals surface area contributed by atoms with Gasteiger partial charge in [0.2, 0.25) is 0 Å². The molecule has 1 aliphatic rings. The van der Waals surface area contributed by atoms with Crippen molar-refractivity contribution in [2.75, 3.05) is 4.90 Å². The molecule has 0 aliphatic carbocycles. The van der Waals surface area contributed by atoms with Gasteiger partial charge in [0.1, 0.15) is 5.75 Å². The average Bonchev–Trinajstić information content (AvgIpc) is 3.31. The van der Waals surface area contributed by atoms with Crippen LogP contribution in [0.2, 0.25) is 5.02 Å². The van der Waals surface area contributed by atoms with Crippen LogP contribution >= 0.6 is 23.8 Å². The number of nitrogens with zero attached hydrogens (tertiary/aromatic N) is 3. The molecule has 0 radical (unpaired) electrons. The molecule has 4 aromatic rings. The van der Waals surface area contributed by atoms with Gasteiger partial charge in [-0.2, -0.15) is 0 Å². The van der Waals surface area contributed by atoms with Crippen LogP contribution in [0.5, 0.6) is 5.75 Å². The summed E-state index contributed by atoms with van der Waals surface area (Å²) >= 11 is 12.1. The number of pyridine rings is 1. The zero-order valence-electron chi connectivity index (χ0n) is 19.2. The summed E-state index contributed by atoms with van der Waals surface area (Å²) in [6.45, 7) is 6.17. The molecule has 0 saturated carbocycles. The second-order valence-corrected chi connectivity index (χ2v) is 9.45. The van der Waals surface area contributed by atoms with Gasteiger partial charge in [-0.25, -0.2) is 0 Å². The summed E-state index contributed by atoms with van der Waals surface area (Å²) in [5.74, 6) is 0.176. The van der Waals surface area contributed by atoms with Gasteiger partial charge < -0.3 is 19.9 Å². The lowest BCUT2D eigenvalue weighted by atomic mass is 9.96. The Labute approximate surface area is 209 Å². The zero-order chi connectivity index (χ0) is 24.0. The number of hydrogen-bond donors (Lipinski definition) is 2. The lowest BCUT2D eigenvalue weighted by Crippen LogP contribution is -2.29. The molecular weight excluding hydrogens is 464 g/mol. The Bertz CT molecular complexity index is 1380. The van der Waals surface area contributed by atoms with Crippen molar-refractivity contribution in [1.82, 2.24) is 14.9 Å². The van der Waals surface area contributed by atoms with Crippen molar-refractivity contribution in [2.24, 2.45) is 0 Å². The van der Waals surface area contributed by atoms with Crippen molar-refractivity contribution in [3.63, 3.8) is 0 Å². The number of anilines is 1. The first kappa shape index (κ1) is 22.4. The highest BCUT2D eigenvalue weighted by atomic mass is 35.5. The van der Waals surface area contributed by atoms with E-state index in [1.165, 1.54) is 0 Å². The quantitative estimate of drug-likeness (QED) is 0.328. The summed E-state index contributed by atoms with van der Waals surface area (Å²) in [7, 11) is 0. The summed E-state index contributed by atoms with van der Waals surface area (Å²) in [6.07, 6.45) is 1.81. The Morgan fingerprint density at radius 3 is 2.56 bits per heavy atom. The first-order valence-electron chi connectivity index (χ1n) is 11.1. The monoisotopic (exact) mass is 488 g/mol. The molecule has 34 heavy (non-hydrogen) atoms. The molecule has 2 N–H and O–H groups in total. The van der Waals surface area contributed by atoms with Crippen molar-refractivity contribution in [2.45, 2.75) is 32.9 Å². The van der Waals surface area contributed by atoms with E-state index < -0.39 is 0 Å². The topological polar surface area (TPSA) is 53.3 Å². The van der Waals surface area contributed by atoms with Crippen LogP contribution in [-0.4, -0.2) is 19.8 Å². The summed E-state index contributed by atoms with van der Waals surface area (Å²) in [5, 5.41) is 15.4. The molecule has 2 aromatic heterocycles. The maximum atomic E-state index is 10.6. The van der Waals surface area contributed by atoms with Crippen LogP contribution in [0.4, 0.5) is 5.69 Å². The predicted molar refractivity (Wildman–Crippen MR) is 141 cm³/mol. The van der Waals surface area contributed by atoms with Crippen LogP contribution < -0.4 is 10.2 Å². The molecule has 7 heteroatoms. The van der Waals surface area contributed by atoms with Gasteiger partial charge in [0.25, 0.3) is 0 Å². The second kappa shape index (κ2) is 8.78. The van der Waals surface area contributed by atoms with E-state index in [9.17, 15) is 5.11 Å². The third kappa shape index (κ3) is 3.83. The number of phenols is 1. The van der Waals surface area contributed by atoms with Crippen LogP contribution in [0.25, 0.3) is 5.69 Å². The van der Waals surface area contributed by atoms with Gasteiger partial charge in [-0.1, -0.05) is 29.8 Å². The molecule has 0 amide bonds. The number of aromatic hydroxyl groups is 1. The SMILES string of the molecule is Cc1cccc(N2C(=S)N[C@@H](c3ccccn3)[C@H]2c2cc(C)n(-c3cc(Cl)ccc3O)c2C)c1. The molecule has 0 bridgehead atoms. The van der Waals surface area contributed by atoms with Gasteiger partial charge in [0.15, 0.2) is 5.11 Å². The molecule has 0 spiro atoms.